The fourth-order valence-electron chi connectivity index (χ4n) is 2.03. The maximum absolute atomic E-state index is 12.1. The van der Waals surface area contributed by atoms with E-state index in [1.165, 1.54) is 18.3 Å². The monoisotopic (exact) mass is 355 g/mol. The molecule has 26 heavy (non-hydrogen) atoms. The van der Waals surface area contributed by atoms with Gasteiger partial charge in [0.1, 0.15) is 0 Å². The number of hydrogen-bond acceptors (Lipinski definition) is 6. The molecule has 2 rings (SSSR count). The minimum Gasteiger partial charge on any atom is -0.325 e. The van der Waals surface area contributed by atoms with Crippen molar-refractivity contribution in [2.75, 3.05) is 5.32 Å². The molecule has 0 saturated carbocycles. The van der Waals surface area contributed by atoms with Crippen molar-refractivity contribution in [1.29, 1.82) is 0 Å². The maximum atomic E-state index is 12.1. The summed E-state index contributed by atoms with van der Waals surface area (Å²) in [4.78, 5) is 38.1. The number of nitrogens with zero attached hydrogens (tertiary/aromatic N) is 3. The number of aromatic nitrogens is 1. The molecule has 9 heteroatoms. The van der Waals surface area contributed by atoms with Crippen LogP contribution in [0.25, 0.3) is 0 Å². The molecule has 0 unspecified atom stereocenters. The third-order valence-corrected chi connectivity index (χ3v) is 3.39. The molecule has 0 spiro atoms. The predicted octanol–water partition coefficient (Wildman–Crippen LogP) is 2.43. The van der Waals surface area contributed by atoms with Gasteiger partial charge in [-0.05, 0) is 31.5 Å². The van der Waals surface area contributed by atoms with Crippen molar-refractivity contribution < 1.29 is 14.5 Å². The number of anilines is 1. The van der Waals surface area contributed by atoms with Gasteiger partial charge in [0, 0.05) is 30.2 Å². The van der Waals surface area contributed by atoms with Crippen LogP contribution in [0.5, 0.6) is 0 Å². The molecule has 2 amide bonds. The van der Waals surface area contributed by atoms with E-state index in [2.05, 4.69) is 20.8 Å². The molecular weight excluding hydrogens is 338 g/mol. The Hall–Kier alpha value is -3.62. The molecule has 1 heterocycles. The zero-order chi connectivity index (χ0) is 19.1. The van der Waals surface area contributed by atoms with Crippen LogP contribution in [0.15, 0.2) is 47.8 Å². The smallest absolute Gasteiger partial charge is 0.272 e. The van der Waals surface area contributed by atoms with Crippen molar-refractivity contribution in [2.45, 2.75) is 20.3 Å². The lowest BCUT2D eigenvalue weighted by Crippen LogP contribution is -2.21. The molecule has 2 aromatic rings. The van der Waals surface area contributed by atoms with E-state index in [0.717, 1.165) is 0 Å². The highest BCUT2D eigenvalue weighted by atomic mass is 16.6. The summed E-state index contributed by atoms with van der Waals surface area (Å²) in [6, 6.07) is 7.43. The molecule has 2 N–H and O–H groups in total. The summed E-state index contributed by atoms with van der Waals surface area (Å²) in [5.74, 6) is -0.835. The van der Waals surface area contributed by atoms with Crippen molar-refractivity contribution in [3.8, 4) is 0 Å². The van der Waals surface area contributed by atoms with E-state index in [9.17, 15) is 19.7 Å². The third-order valence-electron chi connectivity index (χ3n) is 3.39. The van der Waals surface area contributed by atoms with Crippen molar-refractivity contribution in [2.24, 2.45) is 5.10 Å². The average Bonchev–Trinajstić information content (AvgIpc) is 2.62. The second-order valence-corrected chi connectivity index (χ2v) is 5.51. The van der Waals surface area contributed by atoms with E-state index in [4.69, 9.17) is 0 Å². The summed E-state index contributed by atoms with van der Waals surface area (Å²) < 4.78 is 0. The van der Waals surface area contributed by atoms with Crippen LogP contribution in [0.3, 0.4) is 0 Å². The topological polar surface area (TPSA) is 127 Å². The van der Waals surface area contributed by atoms with Gasteiger partial charge in [0.25, 0.3) is 11.6 Å². The van der Waals surface area contributed by atoms with Crippen LogP contribution in [0.1, 0.15) is 29.3 Å². The van der Waals surface area contributed by atoms with Crippen LogP contribution in [-0.4, -0.2) is 27.4 Å². The summed E-state index contributed by atoms with van der Waals surface area (Å²) in [5, 5.41) is 17.3. The Bertz CT molecular complexity index is 865. The molecule has 0 aliphatic rings. The number of nitrogens with one attached hydrogen (secondary N) is 2. The first-order valence-electron chi connectivity index (χ1n) is 7.65. The summed E-state index contributed by atoms with van der Waals surface area (Å²) in [6.07, 6.45) is 2.87. The lowest BCUT2D eigenvalue weighted by atomic mass is 10.1. The van der Waals surface area contributed by atoms with Crippen LogP contribution in [-0.2, 0) is 4.79 Å². The Balaban J connectivity index is 1.96. The summed E-state index contributed by atoms with van der Waals surface area (Å²) in [5.41, 5.74) is 4.01. The molecule has 0 radical (unpaired) electrons. The second-order valence-electron chi connectivity index (χ2n) is 5.51. The fraction of sp³-hybridized carbons (Fsp3) is 0.176. The molecule has 1 aromatic heterocycles. The fourth-order valence-corrected chi connectivity index (χ4v) is 2.03. The van der Waals surface area contributed by atoms with Gasteiger partial charge in [-0.3, -0.25) is 24.7 Å². The van der Waals surface area contributed by atoms with Gasteiger partial charge in [0.05, 0.1) is 22.6 Å². The Labute approximate surface area is 149 Å². The number of nitro benzene ring substituents is 1. The summed E-state index contributed by atoms with van der Waals surface area (Å²) >= 11 is 0. The van der Waals surface area contributed by atoms with E-state index in [0.29, 0.717) is 22.5 Å². The first kappa shape index (κ1) is 18.7. The number of nitro groups is 1. The maximum Gasteiger partial charge on any atom is 0.272 e. The lowest BCUT2D eigenvalue weighted by Gasteiger charge is -2.08. The highest BCUT2D eigenvalue weighted by molar-refractivity contribution is 6.06. The van der Waals surface area contributed by atoms with Gasteiger partial charge in [0.15, 0.2) is 0 Å². The standard InChI is InChI=1S/C17H17N5O4/c1-11-5-6-14(22(25)26)9-15(11)19-16(23)8-12(2)20-21-17(24)13-4-3-7-18-10-13/h3-7,9-10H,8H2,1-2H3,(H,19,23)(H,21,24)/b20-12-. The number of carbonyl (C=O) groups is 2. The molecule has 0 aliphatic heterocycles. The van der Waals surface area contributed by atoms with Gasteiger partial charge in [-0.2, -0.15) is 5.10 Å². The zero-order valence-electron chi connectivity index (χ0n) is 14.2. The lowest BCUT2D eigenvalue weighted by molar-refractivity contribution is -0.384. The van der Waals surface area contributed by atoms with E-state index >= 15 is 0 Å². The Morgan fingerprint density at radius 2 is 2.08 bits per heavy atom. The Morgan fingerprint density at radius 3 is 2.73 bits per heavy atom. The number of benzene rings is 1. The first-order chi connectivity index (χ1) is 12.4. The molecular formula is C17H17N5O4. The molecule has 0 atom stereocenters. The normalized spacial score (nSPS) is 10.9. The Kier molecular flexibility index (Phi) is 6.10. The number of aryl methyl sites for hydroxylation is 1. The molecule has 0 bridgehead atoms. The first-order valence-corrected chi connectivity index (χ1v) is 7.65. The van der Waals surface area contributed by atoms with Gasteiger partial charge < -0.3 is 5.32 Å². The highest BCUT2D eigenvalue weighted by Gasteiger charge is 2.12. The summed E-state index contributed by atoms with van der Waals surface area (Å²) in [7, 11) is 0. The average molecular weight is 355 g/mol. The third kappa shape index (κ3) is 5.20. The minimum atomic E-state index is -0.532. The number of carbonyl (C=O) groups excluding carboxylic acids is 2. The van der Waals surface area contributed by atoms with Crippen LogP contribution in [0.4, 0.5) is 11.4 Å². The van der Waals surface area contributed by atoms with E-state index < -0.39 is 16.7 Å². The number of rotatable bonds is 6. The van der Waals surface area contributed by atoms with Crippen LogP contribution >= 0.6 is 0 Å². The number of pyridine rings is 1. The minimum absolute atomic E-state index is 0.0740. The van der Waals surface area contributed by atoms with Crippen molar-refractivity contribution in [3.63, 3.8) is 0 Å². The Morgan fingerprint density at radius 1 is 1.31 bits per heavy atom. The van der Waals surface area contributed by atoms with Crippen LogP contribution in [0.2, 0.25) is 0 Å². The van der Waals surface area contributed by atoms with Crippen LogP contribution in [0, 0.1) is 17.0 Å². The zero-order valence-corrected chi connectivity index (χ0v) is 14.2. The highest BCUT2D eigenvalue weighted by Crippen LogP contribution is 2.21. The van der Waals surface area contributed by atoms with Crippen molar-refractivity contribution in [3.05, 3.63) is 64.0 Å². The largest absolute Gasteiger partial charge is 0.325 e. The van der Waals surface area contributed by atoms with Crippen molar-refractivity contribution >= 4 is 28.9 Å². The molecule has 0 aliphatic carbocycles. The molecule has 134 valence electrons. The summed E-state index contributed by atoms with van der Waals surface area (Å²) in [6.45, 7) is 3.32. The second kappa shape index (κ2) is 8.47. The van der Waals surface area contributed by atoms with E-state index in [1.807, 2.05) is 0 Å². The van der Waals surface area contributed by atoms with Gasteiger partial charge in [0.2, 0.25) is 5.91 Å². The van der Waals surface area contributed by atoms with Crippen molar-refractivity contribution in [1.82, 2.24) is 10.4 Å². The van der Waals surface area contributed by atoms with Gasteiger partial charge in [-0.1, -0.05) is 6.07 Å². The number of non-ortho nitro benzene ring substituents is 1. The van der Waals surface area contributed by atoms with Crippen LogP contribution < -0.4 is 10.7 Å². The predicted molar refractivity (Wildman–Crippen MR) is 95.9 cm³/mol. The molecule has 0 fully saturated rings. The molecule has 0 saturated heterocycles. The van der Waals surface area contributed by atoms with Gasteiger partial charge in [-0.15, -0.1) is 0 Å². The van der Waals surface area contributed by atoms with Gasteiger partial charge in [-0.25, -0.2) is 5.43 Å². The number of hydrogen-bond donors (Lipinski definition) is 2. The molecule has 9 nitrogen and oxygen atoms in total. The quantitative estimate of drug-likeness (QED) is 0.467. The van der Waals surface area contributed by atoms with E-state index in [-0.39, 0.29) is 12.1 Å². The number of amides is 2. The SMILES string of the molecule is C/C(CC(=O)Nc1cc([N+](=O)[O-])ccc1C)=N/NC(=O)c1cccnc1. The van der Waals surface area contributed by atoms with Gasteiger partial charge >= 0.3 is 0 Å². The number of hydrazone groups is 1. The van der Waals surface area contributed by atoms with E-state index in [1.54, 1.807) is 38.2 Å². The molecule has 1 aromatic carbocycles.